The van der Waals surface area contributed by atoms with E-state index in [-0.39, 0.29) is 18.4 Å². The number of rotatable bonds is 6. The summed E-state index contributed by atoms with van der Waals surface area (Å²) in [6.07, 6.45) is 0. The van der Waals surface area contributed by atoms with Crippen LogP contribution in [0.2, 0.25) is 0 Å². The van der Waals surface area contributed by atoms with Crippen molar-refractivity contribution in [2.45, 2.75) is 19.9 Å². The number of hydrogen-bond acceptors (Lipinski definition) is 4. The van der Waals surface area contributed by atoms with Crippen LogP contribution in [0.15, 0.2) is 24.3 Å². The lowest BCUT2D eigenvalue weighted by Crippen LogP contribution is -2.36. The number of nitrogens with zero attached hydrogens (tertiary/aromatic N) is 1. The summed E-state index contributed by atoms with van der Waals surface area (Å²) in [5.41, 5.74) is 6.19. The minimum absolute atomic E-state index is 0.0357. The van der Waals surface area contributed by atoms with Gasteiger partial charge in [-0.15, -0.1) is 0 Å². The molecule has 0 aliphatic rings. The first kappa shape index (κ1) is 14.8. The quantitative estimate of drug-likeness (QED) is 0.793. The molecule has 1 rings (SSSR count). The summed E-state index contributed by atoms with van der Waals surface area (Å²) in [4.78, 5) is 0. The first-order chi connectivity index (χ1) is 8.33. The van der Waals surface area contributed by atoms with Crippen LogP contribution >= 0.6 is 0 Å². The van der Waals surface area contributed by atoms with E-state index in [9.17, 15) is 8.42 Å². The molecule has 0 fully saturated rings. The lowest BCUT2D eigenvalue weighted by Gasteiger charge is -2.20. The zero-order chi connectivity index (χ0) is 13.8. The topological polar surface area (TPSA) is 72.6 Å². The molecule has 1 aromatic rings. The molecular formula is C12H20N2O3S. The largest absolute Gasteiger partial charge is 0.492 e. The highest BCUT2D eigenvalue weighted by Gasteiger charge is 2.20. The van der Waals surface area contributed by atoms with Gasteiger partial charge < -0.3 is 10.5 Å². The highest BCUT2D eigenvalue weighted by molar-refractivity contribution is 7.89. The molecule has 6 heteroatoms. The summed E-state index contributed by atoms with van der Waals surface area (Å²) in [7, 11) is -1.68. The van der Waals surface area contributed by atoms with Gasteiger partial charge in [-0.25, -0.2) is 12.7 Å². The van der Waals surface area contributed by atoms with Crippen LogP contribution in [-0.2, 0) is 10.0 Å². The Labute approximate surface area is 109 Å². The molecule has 0 spiro atoms. The molecule has 102 valence electrons. The van der Waals surface area contributed by atoms with Gasteiger partial charge in [-0.05, 0) is 38.1 Å². The van der Waals surface area contributed by atoms with Crippen LogP contribution in [0.4, 0.5) is 5.69 Å². The fourth-order valence-corrected chi connectivity index (χ4v) is 2.52. The Kier molecular flexibility index (Phi) is 4.98. The van der Waals surface area contributed by atoms with Gasteiger partial charge in [-0.2, -0.15) is 0 Å². The monoisotopic (exact) mass is 272 g/mol. The van der Waals surface area contributed by atoms with E-state index in [0.29, 0.717) is 11.4 Å². The molecule has 0 aliphatic carbocycles. The predicted molar refractivity (Wildman–Crippen MR) is 73.0 cm³/mol. The average molecular weight is 272 g/mol. The smallest absolute Gasteiger partial charge is 0.217 e. The zero-order valence-corrected chi connectivity index (χ0v) is 11.8. The Balaban J connectivity index is 2.49. The van der Waals surface area contributed by atoms with Gasteiger partial charge in [0.05, 0.1) is 5.75 Å². The highest BCUT2D eigenvalue weighted by atomic mass is 32.2. The van der Waals surface area contributed by atoms with E-state index in [0.717, 1.165) is 0 Å². The Morgan fingerprint density at radius 3 is 2.33 bits per heavy atom. The van der Waals surface area contributed by atoms with E-state index in [1.807, 2.05) is 13.8 Å². The number of sulfonamides is 1. The van der Waals surface area contributed by atoms with Crippen molar-refractivity contribution < 1.29 is 13.2 Å². The van der Waals surface area contributed by atoms with E-state index in [2.05, 4.69) is 0 Å². The zero-order valence-electron chi connectivity index (χ0n) is 11.0. The molecule has 0 radical (unpaired) electrons. The SMILES string of the molecule is CC(C)N(C)S(=O)(=O)CCOc1ccc(N)cc1. The van der Waals surface area contributed by atoms with Gasteiger partial charge in [0, 0.05) is 18.8 Å². The summed E-state index contributed by atoms with van der Waals surface area (Å²) < 4.78 is 30.4. The minimum atomic E-state index is -3.25. The molecule has 2 N–H and O–H groups in total. The van der Waals surface area contributed by atoms with Crippen LogP contribution in [0.1, 0.15) is 13.8 Å². The number of ether oxygens (including phenoxy) is 1. The third-order valence-electron chi connectivity index (χ3n) is 2.66. The van der Waals surface area contributed by atoms with Crippen molar-refractivity contribution in [2.24, 2.45) is 0 Å². The molecular weight excluding hydrogens is 252 g/mol. The second-order valence-electron chi connectivity index (χ2n) is 4.34. The van der Waals surface area contributed by atoms with E-state index >= 15 is 0 Å². The number of nitrogen functional groups attached to an aromatic ring is 1. The molecule has 0 saturated heterocycles. The van der Waals surface area contributed by atoms with Gasteiger partial charge in [0.15, 0.2) is 0 Å². The van der Waals surface area contributed by atoms with Crippen molar-refractivity contribution in [1.82, 2.24) is 4.31 Å². The molecule has 5 nitrogen and oxygen atoms in total. The van der Waals surface area contributed by atoms with Crippen molar-refractivity contribution >= 4 is 15.7 Å². The van der Waals surface area contributed by atoms with Gasteiger partial charge in [-0.1, -0.05) is 0 Å². The Morgan fingerprint density at radius 1 is 1.28 bits per heavy atom. The molecule has 0 aliphatic heterocycles. The Morgan fingerprint density at radius 2 is 1.83 bits per heavy atom. The maximum Gasteiger partial charge on any atom is 0.217 e. The predicted octanol–water partition coefficient (Wildman–Crippen LogP) is 1.32. The van der Waals surface area contributed by atoms with Crippen molar-refractivity contribution in [3.63, 3.8) is 0 Å². The van der Waals surface area contributed by atoms with E-state index < -0.39 is 10.0 Å². The maximum absolute atomic E-state index is 11.8. The second kappa shape index (κ2) is 6.06. The van der Waals surface area contributed by atoms with Gasteiger partial charge in [0.2, 0.25) is 10.0 Å². The number of nitrogens with two attached hydrogens (primary N) is 1. The molecule has 18 heavy (non-hydrogen) atoms. The second-order valence-corrected chi connectivity index (χ2v) is 6.49. The fourth-order valence-electron chi connectivity index (χ4n) is 1.29. The van der Waals surface area contributed by atoms with Crippen LogP contribution in [0.3, 0.4) is 0 Å². The van der Waals surface area contributed by atoms with Crippen LogP contribution < -0.4 is 10.5 Å². The Hall–Kier alpha value is -1.27. The third-order valence-corrected chi connectivity index (χ3v) is 4.64. The molecule has 1 aromatic carbocycles. The molecule has 0 bridgehead atoms. The summed E-state index contributed by atoms with van der Waals surface area (Å²) in [5, 5.41) is 0. The average Bonchev–Trinajstić information content (AvgIpc) is 2.30. The van der Waals surface area contributed by atoms with Crippen molar-refractivity contribution in [1.29, 1.82) is 0 Å². The molecule has 0 heterocycles. The molecule has 0 unspecified atom stereocenters. The van der Waals surface area contributed by atoms with Gasteiger partial charge in [0.25, 0.3) is 0 Å². The van der Waals surface area contributed by atoms with Gasteiger partial charge in [-0.3, -0.25) is 0 Å². The summed E-state index contributed by atoms with van der Waals surface area (Å²) in [6.45, 7) is 3.79. The van der Waals surface area contributed by atoms with Crippen LogP contribution in [0, 0.1) is 0 Å². The summed E-state index contributed by atoms with van der Waals surface area (Å²) in [5.74, 6) is 0.582. The van der Waals surface area contributed by atoms with Crippen molar-refractivity contribution in [3.05, 3.63) is 24.3 Å². The lowest BCUT2D eigenvalue weighted by molar-refractivity contribution is 0.333. The van der Waals surface area contributed by atoms with Gasteiger partial charge >= 0.3 is 0 Å². The van der Waals surface area contributed by atoms with Crippen LogP contribution in [0.25, 0.3) is 0 Å². The number of hydrogen-bond donors (Lipinski definition) is 1. The fraction of sp³-hybridized carbons (Fsp3) is 0.500. The van der Waals surface area contributed by atoms with E-state index in [1.165, 1.54) is 4.31 Å². The van der Waals surface area contributed by atoms with E-state index in [1.54, 1.807) is 31.3 Å². The molecule has 0 aromatic heterocycles. The molecule has 0 amide bonds. The van der Waals surface area contributed by atoms with Crippen molar-refractivity contribution in [3.8, 4) is 5.75 Å². The number of benzene rings is 1. The Bertz CT molecular complexity index is 469. The highest BCUT2D eigenvalue weighted by Crippen LogP contribution is 2.13. The normalized spacial score (nSPS) is 12.1. The standard InChI is InChI=1S/C12H20N2O3S/c1-10(2)14(3)18(15,16)9-8-17-12-6-4-11(13)5-7-12/h4-7,10H,8-9,13H2,1-3H3. The first-order valence-corrected chi connectivity index (χ1v) is 7.38. The van der Waals surface area contributed by atoms with Crippen LogP contribution in [-0.4, -0.2) is 38.2 Å². The number of anilines is 1. The third kappa shape index (κ3) is 4.19. The first-order valence-electron chi connectivity index (χ1n) is 5.77. The summed E-state index contributed by atoms with van der Waals surface area (Å²) in [6, 6.07) is 6.81. The molecule has 0 atom stereocenters. The lowest BCUT2D eigenvalue weighted by atomic mass is 10.3. The molecule has 0 saturated carbocycles. The summed E-state index contributed by atoms with van der Waals surface area (Å²) >= 11 is 0. The van der Waals surface area contributed by atoms with Crippen molar-refractivity contribution in [2.75, 3.05) is 25.1 Å². The maximum atomic E-state index is 11.8. The van der Waals surface area contributed by atoms with E-state index in [4.69, 9.17) is 10.5 Å². The van der Waals surface area contributed by atoms with Crippen LogP contribution in [0.5, 0.6) is 5.75 Å². The van der Waals surface area contributed by atoms with Gasteiger partial charge in [0.1, 0.15) is 12.4 Å². The minimum Gasteiger partial charge on any atom is -0.492 e.